The van der Waals surface area contributed by atoms with Gasteiger partial charge in [0.2, 0.25) is 0 Å². The Kier molecular flexibility index (Phi) is 4.57. The molecule has 3 heteroatoms. The fourth-order valence-electron chi connectivity index (χ4n) is 3.19. The van der Waals surface area contributed by atoms with Gasteiger partial charge in [0.25, 0.3) is 0 Å². The third kappa shape index (κ3) is 3.80. The molecule has 1 aliphatic heterocycles. The summed E-state index contributed by atoms with van der Waals surface area (Å²) in [6.07, 6.45) is 6.99. The van der Waals surface area contributed by atoms with Gasteiger partial charge in [0.1, 0.15) is 0 Å². The lowest BCUT2D eigenvalue weighted by atomic mass is 9.93. The van der Waals surface area contributed by atoms with Gasteiger partial charge in [-0.3, -0.25) is 0 Å². The van der Waals surface area contributed by atoms with E-state index in [1.165, 1.54) is 51.7 Å². The van der Waals surface area contributed by atoms with Crippen molar-refractivity contribution in [2.45, 2.75) is 38.1 Å². The van der Waals surface area contributed by atoms with Crippen LogP contribution in [0.3, 0.4) is 0 Å². The van der Waals surface area contributed by atoms with E-state index in [0.29, 0.717) is 6.04 Å². The third-order valence-electron chi connectivity index (χ3n) is 4.70. The van der Waals surface area contributed by atoms with Gasteiger partial charge in [0.05, 0.1) is 0 Å². The predicted molar refractivity (Wildman–Crippen MR) is 82.6 cm³/mol. The van der Waals surface area contributed by atoms with Crippen molar-refractivity contribution in [2.75, 3.05) is 26.7 Å². The van der Waals surface area contributed by atoms with Crippen LogP contribution in [0.1, 0.15) is 43.0 Å². The summed E-state index contributed by atoms with van der Waals surface area (Å²) >= 11 is 1.92. The fourth-order valence-corrected chi connectivity index (χ4v) is 4.08. The minimum absolute atomic E-state index is 0.645. The van der Waals surface area contributed by atoms with Crippen LogP contribution < -0.4 is 5.32 Å². The zero-order valence-corrected chi connectivity index (χ0v) is 12.8. The van der Waals surface area contributed by atoms with Crippen molar-refractivity contribution in [1.29, 1.82) is 0 Å². The molecule has 1 saturated heterocycles. The molecular formula is C16H26N2S. The molecule has 2 fully saturated rings. The van der Waals surface area contributed by atoms with Crippen LogP contribution >= 0.6 is 11.3 Å². The summed E-state index contributed by atoms with van der Waals surface area (Å²) in [7, 11) is 2.24. The molecule has 1 aromatic rings. The first-order chi connectivity index (χ1) is 9.33. The average molecular weight is 278 g/mol. The van der Waals surface area contributed by atoms with Gasteiger partial charge in [-0.2, -0.15) is 0 Å². The van der Waals surface area contributed by atoms with E-state index in [1.54, 1.807) is 4.88 Å². The molecule has 2 nitrogen and oxygen atoms in total. The second-order valence-electron chi connectivity index (χ2n) is 6.32. The predicted octanol–water partition coefficient (Wildman–Crippen LogP) is 3.52. The van der Waals surface area contributed by atoms with Crippen LogP contribution in [0.25, 0.3) is 0 Å². The lowest BCUT2D eigenvalue weighted by Crippen LogP contribution is -2.32. The number of hydrogen-bond donors (Lipinski definition) is 1. The van der Waals surface area contributed by atoms with Crippen LogP contribution in [0.5, 0.6) is 0 Å². The highest BCUT2D eigenvalue weighted by molar-refractivity contribution is 7.10. The molecule has 1 aliphatic carbocycles. The van der Waals surface area contributed by atoms with Crippen LogP contribution in [-0.4, -0.2) is 31.6 Å². The van der Waals surface area contributed by atoms with Crippen LogP contribution in [-0.2, 0) is 0 Å². The van der Waals surface area contributed by atoms with Crippen molar-refractivity contribution in [3.8, 4) is 0 Å². The lowest BCUT2D eigenvalue weighted by molar-refractivity contribution is 0.210. The molecule has 0 bridgehead atoms. The molecule has 1 atom stereocenters. The summed E-state index contributed by atoms with van der Waals surface area (Å²) < 4.78 is 0. The van der Waals surface area contributed by atoms with Crippen LogP contribution in [0.15, 0.2) is 17.5 Å². The van der Waals surface area contributed by atoms with E-state index in [-0.39, 0.29) is 0 Å². The van der Waals surface area contributed by atoms with Crippen LogP contribution in [0.2, 0.25) is 0 Å². The van der Waals surface area contributed by atoms with Crippen molar-refractivity contribution in [1.82, 2.24) is 10.2 Å². The SMILES string of the molecule is CN1CCC(CCNC(c2cccs2)C2CC2)CC1. The maximum Gasteiger partial charge on any atom is 0.0443 e. The molecule has 106 valence electrons. The Morgan fingerprint density at radius 3 is 2.74 bits per heavy atom. The molecule has 0 spiro atoms. The van der Waals surface area contributed by atoms with Gasteiger partial charge in [-0.1, -0.05) is 6.07 Å². The normalized spacial score (nSPS) is 23.6. The topological polar surface area (TPSA) is 15.3 Å². The summed E-state index contributed by atoms with van der Waals surface area (Å²) in [4.78, 5) is 4.01. The Bertz CT molecular complexity index is 364. The van der Waals surface area contributed by atoms with Gasteiger partial charge in [0.15, 0.2) is 0 Å². The van der Waals surface area contributed by atoms with Crippen molar-refractivity contribution in [2.24, 2.45) is 11.8 Å². The zero-order valence-electron chi connectivity index (χ0n) is 12.0. The van der Waals surface area contributed by atoms with Crippen LogP contribution in [0, 0.1) is 11.8 Å². The number of nitrogens with zero attached hydrogens (tertiary/aromatic N) is 1. The molecule has 1 saturated carbocycles. The van der Waals surface area contributed by atoms with Crippen molar-refractivity contribution in [3.05, 3.63) is 22.4 Å². The first-order valence-electron chi connectivity index (χ1n) is 7.78. The van der Waals surface area contributed by atoms with Gasteiger partial charge >= 0.3 is 0 Å². The highest BCUT2D eigenvalue weighted by atomic mass is 32.1. The van der Waals surface area contributed by atoms with Crippen LogP contribution in [0.4, 0.5) is 0 Å². The number of nitrogens with one attached hydrogen (secondary N) is 1. The van der Waals surface area contributed by atoms with Gasteiger partial charge in [-0.05, 0) is 82.1 Å². The minimum atomic E-state index is 0.645. The quantitative estimate of drug-likeness (QED) is 0.856. The Labute approximate surface area is 121 Å². The number of hydrogen-bond acceptors (Lipinski definition) is 3. The highest BCUT2D eigenvalue weighted by Crippen LogP contribution is 2.42. The fraction of sp³-hybridized carbons (Fsp3) is 0.750. The maximum absolute atomic E-state index is 3.84. The van der Waals surface area contributed by atoms with E-state index in [4.69, 9.17) is 0 Å². The zero-order chi connectivity index (χ0) is 13.1. The van der Waals surface area contributed by atoms with E-state index in [0.717, 1.165) is 11.8 Å². The number of piperidine rings is 1. The third-order valence-corrected chi connectivity index (χ3v) is 5.65. The van der Waals surface area contributed by atoms with E-state index in [2.05, 4.69) is 34.8 Å². The molecule has 2 heterocycles. The van der Waals surface area contributed by atoms with Crippen molar-refractivity contribution in [3.63, 3.8) is 0 Å². The Morgan fingerprint density at radius 2 is 2.11 bits per heavy atom. The summed E-state index contributed by atoms with van der Waals surface area (Å²) in [5.74, 6) is 1.86. The molecule has 1 aromatic heterocycles. The minimum Gasteiger partial charge on any atom is -0.309 e. The van der Waals surface area contributed by atoms with E-state index in [9.17, 15) is 0 Å². The maximum atomic E-state index is 3.84. The average Bonchev–Trinajstić information content (AvgIpc) is 3.11. The summed E-state index contributed by atoms with van der Waals surface area (Å²) in [5, 5.41) is 6.05. The molecule has 19 heavy (non-hydrogen) atoms. The molecular weight excluding hydrogens is 252 g/mol. The summed E-state index contributed by atoms with van der Waals surface area (Å²) in [5.41, 5.74) is 0. The van der Waals surface area contributed by atoms with Crippen molar-refractivity contribution < 1.29 is 0 Å². The smallest absolute Gasteiger partial charge is 0.0443 e. The van der Waals surface area contributed by atoms with Gasteiger partial charge < -0.3 is 10.2 Å². The number of rotatable bonds is 6. The van der Waals surface area contributed by atoms with E-state index < -0.39 is 0 Å². The molecule has 0 amide bonds. The molecule has 0 radical (unpaired) electrons. The van der Waals surface area contributed by atoms with E-state index in [1.807, 2.05) is 11.3 Å². The van der Waals surface area contributed by atoms with Gasteiger partial charge in [-0.25, -0.2) is 0 Å². The molecule has 3 rings (SSSR count). The largest absolute Gasteiger partial charge is 0.309 e. The van der Waals surface area contributed by atoms with Gasteiger partial charge in [-0.15, -0.1) is 11.3 Å². The first-order valence-corrected chi connectivity index (χ1v) is 8.66. The first kappa shape index (κ1) is 13.6. The second-order valence-corrected chi connectivity index (χ2v) is 7.30. The summed E-state index contributed by atoms with van der Waals surface area (Å²) in [6.45, 7) is 3.79. The highest BCUT2D eigenvalue weighted by Gasteiger charge is 2.32. The standard InChI is InChI=1S/C16H26N2S/c1-18-10-7-13(8-11-18)6-9-17-16(14-4-5-14)15-3-2-12-19-15/h2-3,12-14,16-17H,4-11H2,1H3. The molecule has 1 N–H and O–H groups in total. The number of thiophene rings is 1. The molecule has 1 unspecified atom stereocenters. The second kappa shape index (κ2) is 6.38. The Morgan fingerprint density at radius 1 is 1.32 bits per heavy atom. The Balaban J connectivity index is 1.43. The Hall–Kier alpha value is -0.380. The molecule has 2 aliphatic rings. The van der Waals surface area contributed by atoms with Gasteiger partial charge in [0, 0.05) is 10.9 Å². The monoisotopic (exact) mass is 278 g/mol. The van der Waals surface area contributed by atoms with Crippen molar-refractivity contribution >= 4 is 11.3 Å². The lowest BCUT2D eigenvalue weighted by Gasteiger charge is -2.29. The number of likely N-dealkylation sites (tertiary alicyclic amines) is 1. The molecule has 0 aromatic carbocycles. The van der Waals surface area contributed by atoms with E-state index >= 15 is 0 Å². The summed E-state index contributed by atoms with van der Waals surface area (Å²) in [6, 6.07) is 5.14.